The highest BCUT2D eigenvalue weighted by atomic mass is 19.1. The summed E-state index contributed by atoms with van der Waals surface area (Å²) in [6, 6.07) is 1.65. The maximum Gasteiger partial charge on any atom is 0.340 e. The molecule has 19 heavy (non-hydrogen) atoms. The molecule has 1 N–H and O–H groups in total. The molecule has 106 valence electrons. The lowest BCUT2D eigenvalue weighted by Gasteiger charge is -2.15. The summed E-state index contributed by atoms with van der Waals surface area (Å²) >= 11 is 0. The van der Waals surface area contributed by atoms with E-state index in [0.717, 1.165) is 13.2 Å². The smallest absolute Gasteiger partial charge is 0.340 e. The minimum absolute atomic E-state index is 0.0408. The second-order valence-corrected chi connectivity index (χ2v) is 3.59. The molecule has 7 heteroatoms. The van der Waals surface area contributed by atoms with Crippen molar-refractivity contribution in [3.63, 3.8) is 0 Å². The molecule has 0 amide bonds. The van der Waals surface area contributed by atoms with Crippen LogP contribution in [0.15, 0.2) is 12.1 Å². The van der Waals surface area contributed by atoms with Gasteiger partial charge in [-0.15, -0.1) is 0 Å². The van der Waals surface area contributed by atoms with E-state index in [0.29, 0.717) is 6.07 Å². The van der Waals surface area contributed by atoms with E-state index in [1.165, 1.54) is 14.2 Å². The fraction of sp³-hybridized carbons (Fsp3) is 0.417. The molecular weight excluding hydrogens is 260 g/mol. The van der Waals surface area contributed by atoms with Gasteiger partial charge in [-0.2, -0.15) is 0 Å². The molecule has 1 aromatic carbocycles. The maximum atomic E-state index is 13.5. The lowest BCUT2D eigenvalue weighted by atomic mass is 10.1. The van der Waals surface area contributed by atoms with Crippen molar-refractivity contribution in [1.82, 2.24) is 0 Å². The maximum absolute atomic E-state index is 13.5. The van der Waals surface area contributed by atoms with E-state index in [4.69, 9.17) is 9.47 Å². The van der Waals surface area contributed by atoms with Gasteiger partial charge < -0.3 is 19.5 Å². The molecule has 0 atom stereocenters. The normalized spacial score (nSPS) is 10.6. The predicted octanol–water partition coefficient (Wildman–Crippen LogP) is 1.78. The van der Waals surface area contributed by atoms with E-state index in [1.807, 2.05) is 0 Å². The van der Waals surface area contributed by atoms with E-state index >= 15 is 0 Å². The van der Waals surface area contributed by atoms with Crippen molar-refractivity contribution in [2.24, 2.45) is 0 Å². The third-order valence-corrected chi connectivity index (χ3v) is 2.45. The number of carbonyl (C=O) groups excluding carboxylic acids is 1. The Morgan fingerprint density at radius 1 is 1.21 bits per heavy atom. The minimum Gasteiger partial charge on any atom is -0.465 e. The minimum atomic E-state index is -0.982. The largest absolute Gasteiger partial charge is 0.465 e. The molecule has 0 radical (unpaired) electrons. The van der Waals surface area contributed by atoms with Crippen molar-refractivity contribution in [3.8, 4) is 0 Å². The third kappa shape index (κ3) is 3.87. The summed E-state index contributed by atoms with van der Waals surface area (Å²) < 4.78 is 41.1. The number of esters is 1. The van der Waals surface area contributed by atoms with Gasteiger partial charge in [-0.05, 0) is 6.07 Å². The van der Waals surface area contributed by atoms with Gasteiger partial charge in [0.05, 0.1) is 24.9 Å². The van der Waals surface area contributed by atoms with E-state index in [2.05, 4.69) is 10.1 Å². The van der Waals surface area contributed by atoms with Crippen LogP contribution < -0.4 is 5.32 Å². The van der Waals surface area contributed by atoms with Crippen molar-refractivity contribution in [2.75, 3.05) is 33.2 Å². The van der Waals surface area contributed by atoms with Crippen LogP contribution in [-0.4, -0.2) is 40.1 Å². The average molecular weight is 275 g/mol. The summed E-state index contributed by atoms with van der Waals surface area (Å²) in [6.07, 6.45) is -0.592. The fourth-order valence-electron chi connectivity index (χ4n) is 1.41. The summed E-state index contributed by atoms with van der Waals surface area (Å²) in [4.78, 5) is 11.3. The fourth-order valence-corrected chi connectivity index (χ4v) is 1.41. The Balaban J connectivity index is 2.91. The Morgan fingerprint density at radius 2 is 1.84 bits per heavy atom. The zero-order chi connectivity index (χ0) is 14.4. The van der Waals surface area contributed by atoms with Gasteiger partial charge in [0.2, 0.25) is 0 Å². The SMILES string of the molecule is COC(=O)c1cc(NCC(OC)OC)c(F)cc1F. The first-order chi connectivity index (χ1) is 9.03. The van der Waals surface area contributed by atoms with Crippen LogP contribution in [0.2, 0.25) is 0 Å². The van der Waals surface area contributed by atoms with Gasteiger partial charge in [-0.25, -0.2) is 13.6 Å². The lowest BCUT2D eigenvalue weighted by molar-refractivity contribution is -0.0914. The first kappa shape index (κ1) is 15.3. The molecule has 1 aromatic rings. The van der Waals surface area contributed by atoms with Gasteiger partial charge in [0, 0.05) is 20.3 Å². The second kappa shape index (κ2) is 7.01. The Labute approximate surface area is 109 Å². The van der Waals surface area contributed by atoms with Gasteiger partial charge >= 0.3 is 5.97 Å². The number of halogens is 2. The van der Waals surface area contributed by atoms with E-state index < -0.39 is 23.9 Å². The lowest BCUT2D eigenvalue weighted by Crippen LogP contribution is -2.24. The van der Waals surface area contributed by atoms with Crippen LogP contribution in [0.5, 0.6) is 0 Å². The Hall–Kier alpha value is -1.73. The molecule has 0 aromatic heterocycles. The first-order valence-electron chi connectivity index (χ1n) is 5.40. The third-order valence-electron chi connectivity index (χ3n) is 2.45. The molecule has 5 nitrogen and oxygen atoms in total. The van der Waals surface area contributed by atoms with Gasteiger partial charge in [0.1, 0.15) is 11.6 Å². The monoisotopic (exact) mass is 275 g/mol. The van der Waals surface area contributed by atoms with E-state index in [1.54, 1.807) is 0 Å². The molecule has 0 saturated heterocycles. The van der Waals surface area contributed by atoms with Crippen molar-refractivity contribution < 1.29 is 27.8 Å². The standard InChI is InChI=1S/C12H15F2NO4/c1-17-11(18-2)6-15-10-4-7(12(16)19-3)8(13)5-9(10)14/h4-5,11,15H,6H2,1-3H3. The highest BCUT2D eigenvalue weighted by Crippen LogP contribution is 2.20. The van der Waals surface area contributed by atoms with Crippen molar-refractivity contribution in [3.05, 3.63) is 29.3 Å². The van der Waals surface area contributed by atoms with Crippen LogP contribution in [0.3, 0.4) is 0 Å². The van der Waals surface area contributed by atoms with Crippen LogP contribution in [0.1, 0.15) is 10.4 Å². The van der Waals surface area contributed by atoms with Gasteiger partial charge in [0.15, 0.2) is 6.29 Å². The molecule has 0 unspecified atom stereocenters. The van der Waals surface area contributed by atoms with Crippen molar-refractivity contribution in [2.45, 2.75) is 6.29 Å². The number of anilines is 1. The first-order valence-corrected chi connectivity index (χ1v) is 5.40. The van der Waals surface area contributed by atoms with Crippen LogP contribution in [-0.2, 0) is 14.2 Å². The number of carbonyl (C=O) groups is 1. The van der Waals surface area contributed by atoms with E-state index in [9.17, 15) is 13.6 Å². The quantitative estimate of drug-likeness (QED) is 0.633. The zero-order valence-electron chi connectivity index (χ0n) is 10.8. The second-order valence-electron chi connectivity index (χ2n) is 3.59. The van der Waals surface area contributed by atoms with Crippen LogP contribution in [0.25, 0.3) is 0 Å². The van der Waals surface area contributed by atoms with Crippen molar-refractivity contribution >= 4 is 11.7 Å². The predicted molar refractivity (Wildman–Crippen MR) is 64.0 cm³/mol. The zero-order valence-corrected chi connectivity index (χ0v) is 10.8. The molecule has 0 heterocycles. The summed E-state index contributed by atoms with van der Waals surface area (Å²) in [7, 11) is 3.97. The average Bonchev–Trinajstić information content (AvgIpc) is 2.41. The highest BCUT2D eigenvalue weighted by molar-refractivity contribution is 5.90. The van der Waals surface area contributed by atoms with Gasteiger partial charge in [0.25, 0.3) is 0 Å². The number of benzene rings is 1. The molecular formula is C12H15F2NO4. The number of rotatable bonds is 6. The number of hydrogen-bond acceptors (Lipinski definition) is 5. The highest BCUT2D eigenvalue weighted by Gasteiger charge is 2.17. The van der Waals surface area contributed by atoms with Crippen LogP contribution >= 0.6 is 0 Å². The molecule has 0 bridgehead atoms. The number of ether oxygens (including phenoxy) is 3. The summed E-state index contributed by atoms with van der Waals surface area (Å²) in [6.45, 7) is 0.135. The Kier molecular flexibility index (Phi) is 5.65. The summed E-state index contributed by atoms with van der Waals surface area (Å²) in [5, 5.41) is 2.66. The Bertz CT molecular complexity index is 450. The Morgan fingerprint density at radius 3 is 2.37 bits per heavy atom. The summed E-state index contributed by atoms with van der Waals surface area (Å²) in [5.41, 5.74) is -0.390. The van der Waals surface area contributed by atoms with Crippen LogP contribution in [0.4, 0.5) is 14.5 Å². The summed E-state index contributed by atoms with van der Waals surface area (Å²) in [5.74, 6) is -2.68. The topological polar surface area (TPSA) is 56.8 Å². The van der Waals surface area contributed by atoms with Crippen LogP contribution in [0, 0.1) is 11.6 Å². The number of hydrogen-bond donors (Lipinski definition) is 1. The number of nitrogens with one attached hydrogen (secondary N) is 1. The van der Waals surface area contributed by atoms with E-state index in [-0.39, 0.29) is 17.8 Å². The van der Waals surface area contributed by atoms with Gasteiger partial charge in [-0.3, -0.25) is 0 Å². The molecule has 0 aliphatic heterocycles. The number of methoxy groups -OCH3 is 3. The molecule has 0 saturated carbocycles. The molecule has 0 fully saturated rings. The molecule has 0 aliphatic rings. The molecule has 1 rings (SSSR count). The van der Waals surface area contributed by atoms with Gasteiger partial charge in [-0.1, -0.05) is 0 Å². The molecule has 0 aliphatic carbocycles. The van der Waals surface area contributed by atoms with Crippen molar-refractivity contribution in [1.29, 1.82) is 0 Å². The molecule has 0 spiro atoms.